The number of nitrogens with zero attached hydrogens (tertiary/aromatic N) is 2. The molecular weight excluding hydrogens is 270 g/mol. The van der Waals surface area contributed by atoms with Crippen molar-refractivity contribution in [3.63, 3.8) is 0 Å². The molecule has 2 amide bonds. The van der Waals surface area contributed by atoms with E-state index in [0.717, 1.165) is 13.0 Å². The van der Waals surface area contributed by atoms with Crippen LogP contribution in [0.3, 0.4) is 0 Å². The number of likely N-dealkylation sites (N-methyl/N-ethyl adjacent to an activating group) is 1. The summed E-state index contributed by atoms with van der Waals surface area (Å²) in [5.74, 6) is -1.06. The highest BCUT2D eigenvalue weighted by Crippen LogP contribution is 2.23. The quantitative estimate of drug-likeness (QED) is 0.825. The van der Waals surface area contributed by atoms with Crippen molar-refractivity contribution in [2.75, 3.05) is 26.7 Å². The van der Waals surface area contributed by atoms with Gasteiger partial charge in [-0.2, -0.15) is 0 Å². The molecule has 2 fully saturated rings. The first-order valence-electron chi connectivity index (χ1n) is 7.96. The van der Waals surface area contributed by atoms with Gasteiger partial charge in [0.15, 0.2) is 0 Å². The van der Waals surface area contributed by atoms with E-state index in [2.05, 4.69) is 17.3 Å². The van der Waals surface area contributed by atoms with Crippen LogP contribution < -0.4 is 5.32 Å². The number of nitrogens with one attached hydrogen (secondary N) is 1. The number of aliphatic carboxylic acids is 1. The normalized spacial score (nSPS) is 31.0. The Labute approximate surface area is 126 Å². The van der Waals surface area contributed by atoms with Crippen molar-refractivity contribution in [2.24, 2.45) is 5.92 Å². The summed E-state index contributed by atoms with van der Waals surface area (Å²) >= 11 is 0. The van der Waals surface area contributed by atoms with Crippen molar-refractivity contribution >= 4 is 12.0 Å². The second-order valence-corrected chi connectivity index (χ2v) is 6.42. The topological polar surface area (TPSA) is 72.9 Å². The summed E-state index contributed by atoms with van der Waals surface area (Å²) in [5.41, 5.74) is 0. The summed E-state index contributed by atoms with van der Waals surface area (Å²) in [6, 6.07) is 0.365. The molecule has 3 unspecified atom stereocenters. The molecule has 0 saturated carbocycles. The lowest BCUT2D eigenvalue weighted by atomic mass is 9.92. The molecule has 2 aliphatic rings. The molecule has 6 nitrogen and oxygen atoms in total. The number of amides is 2. The van der Waals surface area contributed by atoms with Crippen molar-refractivity contribution in [1.29, 1.82) is 0 Å². The smallest absolute Gasteiger partial charge is 0.317 e. The van der Waals surface area contributed by atoms with E-state index in [1.165, 1.54) is 12.8 Å². The van der Waals surface area contributed by atoms with Crippen LogP contribution in [-0.2, 0) is 4.79 Å². The monoisotopic (exact) mass is 297 g/mol. The molecule has 0 spiro atoms. The number of piperidine rings is 2. The molecule has 0 aromatic carbocycles. The van der Waals surface area contributed by atoms with Gasteiger partial charge in [-0.3, -0.25) is 4.79 Å². The van der Waals surface area contributed by atoms with Crippen molar-refractivity contribution in [3.05, 3.63) is 0 Å². The fourth-order valence-electron chi connectivity index (χ4n) is 3.41. The third-order valence-corrected chi connectivity index (χ3v) is 4.90. The maximum atomic E-state index is 12.3. The Morgan fingerprint density at radius 2 is 2.00 bits per heavy atom. The number of carbonyl (C=O) groups is 2. The van der Waals surface area contributed by atoms with Crippen LogP contribution >= 0.6 is 0 Å². The molecule has 6 heteroatoms. The summed E-state index contributed by atoms with van der Waals surface area (Å²) in [5, 5.41) is 12.1. The maximum Gasteiger partial charge on any atom is 0.317 e. The highest BCUT2D eigenvalue weighted by atomic mass is 16.4. The van der Waals surface area contributed by atoms with Crippen molar-refractivity contribution in [1.82, 2.24) is 15.1 Å². The van der Waals surface area contributed by atoms with Crippen molar-refractivity contribution < 1.29 is 14.7 Å². The van der Waals surface area contributed by atoms with Gasteiger partial charge in [0.2, 0.25) is 0 Å². The third-order valence-electron chi connectivity index (χ3n) is 4.90. The average molecular weight is 297 g/mol. The molecule has 120 valence electrons. The molecule has 2 saturated heterocycles. The second-order valence-electron chi connectivity index (χ2n) is 6.42. The van der Waals surface area contributed by atoms with Crippen LogP contribution in [0.15, 0.2) is 0 Å². The van der Waals surface area contributed by atoms with Gasteiger partial charge < -0.3 is 20.2 Å². The van der Waals surface area contributed by atoms with Gasteiger partial charge in [-0.25, -0.2) is 4.79 Å². The van der Waals surface area contributed by atoms with Gasteiger partial charge >= 0.3 is 12.0 Å². The maximum absolute atomic E-state index is 12.3. The summed E-state index contributed by atoms with van der Waals surface area (Å²) in [6.45, 7) is 4.24. The zero-order valence-corrected chi connectivity index (χ0v) is 13.0. The molecule has 2 heterocycles. The Balaban J connectivity index is 1.79. The SMILES string of the molecule is CC1CC(C(=O)O)CCN1C(=O)NCC1CCCCN1C. The Hall–Kier alpha value is -1.30. The Bertz CT molecular complexity index is 388. The van der Waals surface area contributed by atoms with Gasteiger partial charge in [0.25, 0.3) is 0 Å². The van der Waals surface area contributed by atoms with Gasteiger partial charge in [0.05, 0.1) is 5.92 Å². The summed E-state index contributed by atoms with van der Waals surface area (Å²) in [6.07, 6.45) is 4.70. The lowest BCUT2D eigenvalue weighted by Crippen LogP contribution is -2.53. The Morgan fingerprint density at radius 1 is 1.24 bits per heavy atom. The van der Waals surface area contributed by atoms with Gasteiger partial charge in [0, 0.05) is 25.2 Å². The summed E-state index contributed by atoms with van der Waals surface area (Å²) < 4.78 is 0. The predicted molar refractivity (Wildman–Crippen MR) is 80.2 cm³/mol. The van der Waals surface area contributed by atoms with Gasteiger partial charge in [0.1, 0.15) is 0 Å². The van der Waals surface area contributed by atoms with E-state index in [1.807, 2.05) is 6.92 Å². The highest BCUT2D eigenvalue weighted by molar-refractivity contribution is 5.75. The van der Waals surface area contributed by atoms with Crippen LogP contribution in [0.2, 0.25) is 0 Å². The van der Waals surface area contributed by atoms with Crippen LogP contribution in [0.25, 0.3) is 0 Å². The van der Waals surface area contributed by atoms with Crippen LogP contribution in [0.1, 0.15) is 39.0 Å². The number of hydrogen-bond donors (Lipinski definition) is 2. The van der Waals surface area contributed by atoms with E-state index in [-0.39, 0.29) is 18.0 Å². The minimum atomic E-state index is -0.745. The number of rotatable bonds is 3. The van der Waals surface area contributed by atoms with E-state index < -0.39 is 5.97 Å². The predicted octanol–water partition coefficient (Wildman–Crippen LogP) is 1.37. The highest BCUT2D eigenvalue weighted by Gasteiger charge is 2.32. The summed E-state index contributed by atoms with van der Waals surface area (Å²) in [7, 11) is 2.11. The number of hydrogen-bond acceptors (Lipinski definition) is 3. The standard InChI is InChI=1S/C15H27N3O3/c1-11-9-12(14(19)20)6-8-18(11)15(21)16-10-13-5-3-4-7-17(13)2/h11-13H,3-10H2,1-2H3,(H,16,21)(H,19,20). The van der Waals surface area contributed by atoms with Crippen LogP contribution in [0.4, 0.5) is 4.79 Å². The average Bonchev–Trinajstić information content (AvgIpc) is 2.46. The fourth-order valence-corrected chi connectivity index (χ4v) is 3.41. The van der Waals surface area contributed by atoms with Crippen LogP contribution in [0.5, 0.6) is 0 Å². The first-order valence-corrected chi connectivity index (χ1v) is 7.96. The zero-order valence-electron chi connectivity index (χ0n) is 13.0. The third kappa shape index (κ3) is 4.09. The van der Waals surface area contributed by atoms with E-state index >= 15 is 0 Å². The molecular formula is C15H27N3O3. The van der Waals surface area contributed by atoms with Gasteiger partial charge in [-0.15, -0.1) is 0 Å². The molecule has 3 atom stereocenters. The van der Waals surface area contributed by atoms with Crippen molar-refractivity contribution in [2.45, 2.75) is 51.1 Å². The largest absolute Gasteiger partial charge is 0.481 e. The van der Waals surface area contributed by atoms with Gasteiger partial charge in [-0.1, -0.05) is 6.42 Å². The number of carboxylic acids is 1. The Kier molecular flexibility index (Phi) is 5.45. The number of carbonyl (C=O) groups excluding carboxylic acids is 1. The minimum absolute atomic E-state index is 0.0102. The minimum Gasteiger partial charge on any atom is -0.481 e. The molecule has 0 radical (unpaired) electrons. The van der Waals surface area contributed by atoms with Crippen molar-refractivity contribution in [3.8, 4) is 0 Å². The van der Waals surface area contributed by atoms with E-state index in [9.17, 15) is 9.59 Å². The van der Waals surface area contributed by atoms with Crippen LogP contribution in [0, 0.1) is 5.92 Å². The first-order chi connectivity index (χ1) is 9.99. The molecule has 0 aromatic rings. The first kappa shape index (κ1) is 16.1. The molecule has 2 rings (SSSR count). The molecule has 0 bridgehead atoms. The van der Waals surface area contributed by atoms with E-state index in [1.54, 1.807) is 4.90 Å². The lowest BCUT2D eigenvalue weighted by Gasteiger charge is -2.37. The molecule has 2 N–H and O–H groups in total. The summed E-state index contributed by atoms with van der Waals surface area (Å²) in [4.78, 5) is 27.4. The van der Waals surface area contributed by atoms with Gasteiger partial charge in [-0.05, 0) is 46.2 Å². The number of carboxylic acid groups (broad SMARTS) is 1. The molecule has 2 aliphatic heterocycles. The number of likely N-dealkylation sites (tertiary alicyclic amines) is 2. The second kappa shape index (κ2) is 7.11. The van der Waals surface area contributed by atoms with E-state index in [4.69, 9.17) is 5.11 Å². The molecule has 21 heavy (non-hydrogen) atoms. The van der Waals surface area contributed by atoms with Crippen LogP contribution in [-0.4, -0.2) is 65.7 Å². The molecule has 0 aliphatic carbocycles. The zero-order chi connectivity index (χ0) is 15.4. The fraction of sp³-hybridized carbons (Fsp3) is 0.867. The van der Waals surface area contributed by atoms with E-state index in [0.29, 0.717) is 32.0 Å². The lowest BCUT2D eigenvalue weighted by molar-refractivity contribution is -0.143. The number of urea groups is 1. The Morgan fingerprint density at radius 3 is 2.62 bits per heavy atom. The molecule has 0 aromatic heterocycles.